The molecule has 3 aromatic rings. The van der Waals surface area contributed by atoms with E-state index >= 15 is 4.39 Å². The third kappa shape index (κ3) is 5.99. The maximum Gasteiger partial charge on any atom is 0.350 e. The van der Waals surface area contributed by atoms with Gasteiger partial charge in [-0.1, -0.05) is 18.2 Å². The minimum atomic E-state index is -0.797. The molecule has 2 fully saturated rings. The van der Waals surface area contributed by atoms with E-state index in [1.807, 2.05) is 18.7 Å². The zero-order chi connectivity index (χ0) is 32.0. The molecule has 1 amide bonds. The van der Waals surface area contributed by atoms with Crippen molar-refractivity contribution in [3.05, 3.63) is 64.1 Å². The number of hydrogen-bond acceptors (Lipinski definition) is 7. The van der Waals surface area contributed by atoms with Crippen molar-refractivity contribution in [3.63, 3.8) is 0 Å². The summed E-state index contributed by atoms with van der Waals surface area (Å²) in [4.78, 5) is 37.1. The van der Waals surface area contributed by atoms with Crippen molar-refractivity contribution in [1.29, 1.82) is 0 Å². The first kappa shape index (κ1) is 31.6. The van der Waals surface area contributed by atoms with Crippen molar-refractivity contribution in [3.8, 4) is 16.9 Å². The maximum absolute atomic E-state index is 15.2. The van der Waals surface area contributed by atoms with Crippen LogP contribution in [0, 0.1) is 11.6 Å². The Morgan fingerprint density at radius 2 is 1.93 bits per heavy atom. The molecule has 6 rings (SSSR count). The highest BCUT2D eigenvalue weighted by molar-refractivity contribution is 7.85. The summed E-state index contributed by atoms with van der Waals surface area (Å²) in [6.45, 7) is 10.8. The van der Waals surface area contributed by atoms with Crippen LogP contribution in [0.4, 0.5) is 14.6 Å². The lowest BCUT2D eigenvalue weighted by molar-refractivity contribution is -0.128. The number of amides is 1. The van der Waals surface area contributed by atoms with Gasteiger partial charge in [0, 0.05) is 83.1 Å². The first-order valence-electron chi connectivity index (χ1n) is 15.2. The van der Waals surface area contributed by atoms with Crippen LogP contribution in [-0.2, 0) is 15.6 Å². The summed E-state index contributed by atoms with van der Waals surface area (Å²) in [5.41, 5.74) is 0.310. The summed E-state index contributed by atoms with van der Waals surface area (Å²) in [7, 11) is -0.757. The van der Waals surface area contributed by atoms with E-state index in [4.69, 9.17) is 16.3 Å². The topological polar surface area (TPSA) is 88.0 Å². The number of halogens is 3. The average Bonchev–Trinajstić information content (AvgIpc) is 3.01. The number of benzene rings is 2. The van der Waals surface area contributed by atoms with Crippen LogP contribution in [0.5, 0.6) is 5.75 Å². The molecule has 2 aromatic carbocycles. The second-order valence-corrected chi connectivity index (χ2v) is 14.1. The molecular formula is C32H36ClF2N5O4S. The van der Waals surface area contributed by atoms with Gasteiger partial charge in [-0.2, -0.15) is 4.98 Å². The van der Waals surface area contributed by atoms with E-state index in [-0.39, 0.29) is 52.5 Å². The van der Waals surface area contributed by atoms with Crippen LogP contribution in [0.15, 0.2) is 41.7 Å². The molecule has 3 atom stereocenters. The Hall–Kier alpha value is -3.35. The lowest BCUT2D eigenvalue weighted by atomic mass is 9.98. The third-order valence-corrected chi connectivity index (χ3v) is 10.7. The molecule has 3 aliphatic rings. The van der Waals surface area contributed by atoms with Gasteiger partial charge >= 0.3 is 5.69 Å². The fourth-order valence-corrected chi connectivity index (χ4v) is 8.15. The fraction of sp³-hybridized carbons (Fsp3) is 0.469. The number of carbonyl (C=O) groups excluding carboxylic acids is 1. The zero-order valence-electron chi connectivity index (χ0n) is 25.3. The maximum atomic E-state index is 15.2. The molecule has 4 heterocycles. The van der Waals surface area contributed by atoms with Crippen molar-refractivity contribution in [2.75, 3.05) is 55.7 Å². The Bertz CT molecular complexity index is 1740. The molecule has 0 unspecified atom stereocenters. The van der Waals surface area contributed by atoms with Gasteiger partial charge in [-0.3, -0.25) is 13.6 Å². The molecule has 3 aliphatic heterocycles. The summed E-state index contributed by atoms with van der Waals surface area (Å²) in [5, 5.41) is 0.755. The Labute approximate surface area is 267 Å². The van der Waals surface area contributed by atoms with Crippen molar-refractivity contribution in [1.82, 2.24) is 19.4 Å². The molecular weight excluding hydrogens is 624 g/mol. The van der Waals surface area contributed by atoms with E-state index in [2.05, 4.69) is 16.5 Å². The Morgan fingerprint density at radius 1 is 1.18 bits per heavy atom. The van der Waals surface area contributed by atoms with Crippen LogP contribution in [0.25, 0.3) is 22.0 Å². The van der Waals surface area contributed by atoms with Crippen LogP contribution in [-0.4, -0.2) is 92.4 Å². The predicted molar refractivity (Wildman–Crippen MR) is 173 cm³/mol. The number of ether oxygens (including phenoxy) is 1. The van der Waals surface area contributed by atoms with Gasteiger partial charge in [0.25, 0.3) is 0 Å². The molecule has 1 aromatic heterocycles. The summed E-state index contributed by atoms with van der Waals surface area (Å²) in [5.74, 6) is 0.319. The molecule has 9 nitrogen and oxygen atoms in total. The Kier molecular flexibility index (Phi) is 9.00. The van der Waals surface area contributed by atoms with E-state index < -0.39 is 28.1 Å². The first-order chi connectivity index (χ1) is 21.6. The van der Waals surface area contributed by atoms with Crippen molar-refractivity contribution in [2.45, 2.75) is 44.8 Å². The van der Waals surface area contributed by atoms with E-state index in [0.717, 1.165) is 38.2 Å². The average molecular weight is 660 g/mol. The number of nitrogens with zero attached hydrogens (tertiary/aromatic N) is 5. The molecule has 2 saturated heterocycles. The van der Waals surface area contributed by atoms with Crippen molar-refractivity contribution < 1.29 is 22.5 Å². The van der Waals surface area contributed by atoms with Gasteiger partial charge in [0.2, 0.25) is 5.91 Å². The minimum absolute atomic E-state index is 0.0649. The van der Waals surface area contributed by atoms with Crippen LogP contribution >= 0.6 is 11.6 Å². The van der Waals surface area contributed by atoms with Crippen LogP contribution < -0.4 is 15.3 Å². The molecule has 0 radical (unpaired) electrons. The van der Waals surface area contributed by atoms with Crippen molar-refractivity contribution in [2.24, 2.45) is 0 Å². The van der Waals surface area contributed by atoms with Gasteiger partial charge < -0.3 is 19.4 Å². The first-order valence-corrected chi connectivity index (χ1v) is 17.1. The minimum Gasteiger partial charge on any atom is -0.488 e. The largest absolute Gasteiger partial charge is 0.488 e. The summed E-state index contributed by atoms with van der Waals surface area (Å²) in [6, 6.07) is 4.24. The van der Waals surface area contributed by atoms with E-state index in [1.54, 1.807) is 15.5 Å². The number of aromatic nitrogens is 2. The van der Waals surface area contributed by atoms with E-state index in [1.165, 1.54) is 12.1 Å². The summed E-state index contributed by atoms with van der Waals surface area (Å²) < 4.78 is 48.8. The summed E-state index contributed by atoms with van der Waals surface area (Å²) in [6.07, 6.45) is 2.71. The Morgan fingerprint density at radius 3 is 2.64 bits per heavy atom. The van der Waals surface area contributed by atoms with Crippen molar-refractivity contribution >= 4 is 45.0 Å². The van der Waals surface area contributed by atoms with Crippen LogP contribution in [0.1, 0.15) is 32.7 Å². The molecule has 0 N–H and O–H groups in total. The lowest BCUT2D eigenvalue weighted by Crippen LogP contribution is -2.58. The molecule has 0 saturated carbocycles. The quantitative estimate of drug-likeness (QED) is 0.348. The van der Waals surface area contributed by atoms with Gasteiger partial charge in [0.1, 0.15) is 24.1 Å². The van der Waals surface area contributed by atoms with E-state index in [9.17, 15) is 18.2 Å². The highest BCUT2D eigenvalue weighted by atomic mass is 35.5. The highest BCUT2D eigenvalue weighted by Gasteiger charge is 2.36. The number of anilines is 1. The van der Waals surface area contributed by atoms with Gasteiger partial charge in [-0.15, -0.1) is 0 Å². The predicted octanol–water partition coefficient (Wildman–Crippen LogP) is 4.38. The summed E-state index contributed by atoms with van der Waals surface area (Å²) >= 11 is 6.86. The molecule has 0 bridgehead atoms. The van der Waals surface area contributed by atoms with Crippen LogP contribution in [0.2, 0.25) is 5.02 Å². The smallest absolute Gasteiger partial charge is 0.350 e. The number of hydrogen-bond donors (Lipinski definition) is 0. The SMILES string of the molecule is C=CC(=O)N1C[C@H](C)N(c2nc(=O)n3c4c(c(-c5ccc(F)cc5F)c(Cl)cc24)OC[C@H]3CCCN2CCS(=O)CC2)C[C@H]1C. The second-order valence-electron chi connectivity index (χ2n) is 12.0. The van der Waals surface area contributed by atoms with E-state index in [0.29, 0.717) is 47.7 Å². The van der Waals surface area contributed by atoms with Crippen LogP contribution in [0.3, 0.4) is 0 Å². The normalized spacial score (nSPS) is 22.5. The molecule has 45 heavy (non-hydrogen) atoms. The number of carbonyl (C=O) groups is 1. The Balaban J connectivity index is 1.45. The molecule has 13 heteroatoms. The monoisotopic (exact) mass is 659 g/mol. The lowest BCUT2D eigenvalue weighted by Gasteiger charge is -2.45. The fourth-order valence-electron chi connectivity index (χ4n) is 6.73. The van der Waals surface area contributed by atoms with Gasteiger partial charge in [-0.25, -0.2) is 13.6 Å². The number of rotatable bonds is 7. The molecule has 0 spiro atoms. The second kappa shape index (κ2) is 12.8. The molecule has 240 valence electrons. The highest BCUT2D eigenvalue weighted by Crippen LogP contribution is 2.47. The van der Waals surface area contributed by atoms with Gasteiger partial charge in [0.15, 0.2) is 5.75 Å². The third-order valence-electron chi connectivity index (χ3n) is 9.08. The number of piperazine rings is 1. The van der Waals surface area contributed by atoms with Gasteiger partial charge in [0.05, 0.1) is 16.6 Å². The van der Waals surface area contributed by atoms with Gasteiger partial charge in [-0.05, 0) is 57.5 Å². The zero-order valence-corrected chi connectivity index (χ0v) is 26.9. The molecule has 0 aliphatic carbocycles. The standard InChI is InChI=1S/C32H36ClF2N5O4S/c1-4-27(41)38-16-20(3)39(17-19(38)2)31-24-15-25(33)28(23-8-7-21(34)14-26(23)35)30-29(24)40(32(42)36-31)22(18-44-30)6-5-9-37-10-12-45(43)13-11-37/h4,7-8,14-15,19-20,22H,1,5-6,9-13,16-18H2,2-3H3/t19-,20+,22-/m1/s1.